The van der Waals surface area contributed by atoms with Crippen LogP contribution in [0.4, 0.5) is 0 Å². The van der Waals surface area contributed by atoms with Crippen molar-refractivity contribution in [3.63, 3.8) is 0 Å². The van der Waals surface area contributed by atoms with Crippen molar-refractivity contribution in [2.24, 2.45) is 5.41 Å². The van der Waals surface area contributed by atoms with Gasteiger partial charge in [-0.05, 0) is 44.4 Å². The number of hydrogen-bond acceptors (Lipinski definition) is 2. The average Bonchev–Trinajstić information content (AvgIpc) is 2.57. The molecule has 0 aromatic heterocycles. The number of nitrogens with zero attached hydrogens (tertiary/aromatic N) is 1. The van der Waals surface area contributed by atoms with Crippen molar-refractivity contribution >= 4 is 5.91 Å². The molecule has 0 bridgehead atoms. The van der Waals surface area contributed by atoms with Crippen LogP contribution in [0.1, 0.15) is 66.2 Å². The molecule has 1 aliphatic carbocycles. The maximum Gasteiger partial charge on any atom is 0.240 e. The molecule has 3 nitrogen and oxygen atoms in total. The van der Waals surface area contributed by atoms with Crippen LogP contribution in [0.15, 0.2) is 0 Å². The zero-order valence-electron chi connectivity index (χ0n) is 12.3. The highest BCUT2D eigenvalue weighted by Gasteiger charge is 2.41. The summed E-state index contributed by atoms with van der Waals surface area (Å²) in [6.07, 6.45) is 7.33. The average molecular weight is 252 g/mol. The van der Waals surface area contributed by atoms with Gasteiger partial charge in [-0.3, -0.25) is 10.1 Å². The maximum absolute atomic E-state index is 12.3. The van der Waals surface area contributed by atoms with Crippen LogP contribution in [0, 0.1) is 5.41 Å². The van der Waals surface area contributed by atoms with Gasteiger partial charge in [-0.1, -0.05) is 27.2 Å². The Bertz CT molecular complexity index is 304. The van der Waals surface area contributed by atoms with E-state index in [2.05, 4.69) is 31.0 Å². The van der Waals surface area contributed by atoms with Gasteiger partial charge in [0, 0.05) is 6.04 Å². The zero-order chi connectivity index (χ0) is 13.3. The molecule has 2 unspecified atom stereocenters. The first-order valence-electron chi connectivity index (χ1n) is 7.53. The Labute approximate surface area is 111 Å². The molecule has 0 aromatic carbocycles. The van der Waals surface area contributed by atoms with Crippen LogP contribution in [-0.2, 0) is 4.79 Å². The van der Waals surface area contributed by atoms with Crippen LogP contribution >= 0.6 is 0 Å². The van der Waals surface area contributed by atoms with Gasteiger partial charge >= 0.3 is 0 Å². The number of carbonyl (C=O) groups is 1. The van der Waals surface area contributed by atoms with E-state index in [4.69, 9.17) is 0 Å². The molecule has 0 spiro atoms. The largest absolute Gasteiger partial charge is 0.323 e. The van der Waals surface area contributed by atoms with E-state index in [0.29, 0.717) is 17.4 Å². The second-order valence-corrected chi connectivity index (χ2v) is 6.83. The summed E-state index contributed by atoms with van der Waals surface area (Å²) in [6, 6.07) is 0.482. The molecule has 2 aliphatic rings. The third-order valence-electron chi connectivity index (χ3n) is 4.67. The molecule has 0 radical (unpaired) electrons. The summed E-state index contributed by atoms with van der Waals surface area (Å²) in [6.45, 7) is 8.88. The molecule has 2 fully saturated rings. The maximum atomic E-state index is 12.3. The number of hydrogen-bond donors (Lipinski definition) is 1. The fourth-order valence-corrected chi connectivity index (χ4v) is 3.41. The lowest BCUT2D eigenvalue weighted by Crippen LogP contribution is -2.46. The van der Waals surface area contributed by atoms with Crippen LogP contribution in [0.2, 0.25) is 0 Å². The van der Waals surface area contributed by atoms with E-state index in [9.17, 15) is 4.79 Å². The highest BCUT2D eigenvalue weighted by Crippen LogP contribution is 2.38. The molecule has 2 atom stereocenters. The number of amides is 1. The molecule has 1 amide bonds. The monoisotopic (exact) mass is 252 g/mol. The molecule has 1 saturated carbocycles. The first kappa shape index (κ1) is 13.9. The van der Waals surface area contributed by atoms with Crippen molar-refractivity contribution in [1.29, 1.82) is 0 Å². The Morgan fingerprint density at radius 2 is 1.94 bits per heavy atom. The smallest absolute Gasteiger partial charge is 0.240 e. The van der Waals surface area contributed by atoms with Crippen molar-refractivity contribution in [3.05, 3.63) is 0 Å². The Balaban J connectivity index is 2.03. The lowest BCUT2D eigenvalue weighted by Gasteiger charge is -2.40. The SMILES string of the molecule is CCCC1NC(C)C(=O)N1C1CCC(C)(C)CC1. The first-order valence-corrected chi connectivity index (χ1v) is 7.53. The van der Waals surface area contributed by atoms with Gasteiger partial charge in [0.05, 0.1) is 12.2 Å². The highest BCUT2D eigenvalue weighted by molar-refractivity contribution is 5.84. The van der Waals surface area contributed by atoms with Gasteiger partial charge < -0.3 is 4.90 Å². The van der Waals surface area contributed by atoms with Gasteiger partial charge in [0.2, 0.25) is 5.91 Å². The lowest BCUT2D eigenvalue weighted by molar-refractivity contribution is -0.133. The molecule has 1 aliphatic heterocycles. The summed E-state index contributed by atoms with van der Waals surface area (Å²) in [5.41, 5.74) is 0.471. The molecular weight excluding hydrogens is 224 g/mol. The normalized spacial score (nSPS) is 33.1. The predicted molar refractivity (Wildman–Crippen MR) is 74.2 cm³/mol. The van der Waals surface area contributed by atoms with E-state index in [0.717, 1.165) is 12.8 Å². The fraction of sp³-hybridized carbons (Fsp3) is 0.933. The van der Waals surface area contributed by atoms with Crippen LogP contribution < -0.4 is 5.32 Å². The van der Waals surface area contributed by atoms with Gasteiger partial charge in [0.25, 0.3) is 0 Å². The highest BCUT2D eigenvalue weighted by atomic mass is 16.2. The van der Waals surface area contributed by atoms with Crippen LogP contribution in [0.25, 0.3) is 0 Å². The lowest BCUT2D eigenvalue weighted by atomic mass is 9.75. The number of nitrogens with one attached hydrogen (secondary N) is 1. The molecule has 2 rings (SSSR count). The van der Waals surface area contributed by atoms with Gasteiger partial charge in [0.1, 0.15) is 0 Å². The number of rotatable bonds is 3. The van der Waals surface area contributed by atoms with E-state index >= 15 is 0 Å². The summed E-state index contributed by atoms with van der Waals surface area (Å²) in [7, 11) is 0. The minimum absolute atomic E-state index is 0.0106. The Hall–Kier alpha value is -0.570. The topological polar surface area (TPSA) is 32.3 Å². The summed E-state index contributed by atoms with van der Waals surface area (Å²) in [5.74, 6) is 0.318. The molecule has 1 saturated heterocycles. The van der Waals surface area contributed by atoms with E-state index in [1.165, 1.54) is 25.7 Å². The van der Waals surface area contributed by atoms with Crippen molar-refractivity contribution in [3.8, 4) is 0 Å². The first-order chi connectivity index (χ1) is 8.44. The van der Waals surface area contributed by atoms with E-state index < -0.39 is 0 Å². The van der Waals surface area contributed by atoms with E-state index in [1.54, 1.807) is 0 Å². The minimum Gasteiger partial charge on any atom is -0.323 e. The van der Waals surface area contributed by atoms with Crippen molar-refractivity contribution in [2.45, 2.75) is 84.5 Å². The standard InChI is InChI=1S/C15H28N2O/c1-5-6-13-16-11(2)14(18)17(13)12-7-9-15(3,4)10-8-12/h11-13,16H,5-10H2,1-4H3. The molecule has 104 valence electrons. The van der Waals surface area contributed by atoms with E-state index in [1.807, 2.05) is 6.92 Å². The van der Waals surface area contributed by atoms with Gasteiger partial charge in [-0.2, -0.15) is 0 Å². The second-order valence-electron chi connectivity index (χ2n) is 6.83. The molecule has 1 N–H and O–H groups in total. The van der Waals surface area contributed by atoms with Crippen LogP contribution in [-0.4, -0.2) is 29.1 Å². The number of carbonyl (C=O) groups excluding carboxylic acids is 1. The van der Waals surface area contributed by atoms with Crippen molar-refractivity contribution < 1.29 is 4.79 Å². The molecule has 0 aromatic rings. The van der Waals surface area contributed by atoms with Crippen molar-refractivity contribution in [1.82, 2.24) is 10.2 Å². The Morgan fingerprint density at radius 3 is 2.50 bits per heavy atom. The van der Waals surface area contributed by atoms with Gasteiger partial charge in [-0.15, -0.1) is 0 Å². The molecular formula is C15H28N2O. The van der Waals surface area contributed by atoms with Crippen LogP contribution in [0.3, 0.4) is 0 Å². The molecule has 1 heterocycles. The van der Waals surface area contributed by atoms with Crippen LogP contribution in [0.5, 0.6) is 0 Å². The van der Waals surface area contributed by atoms with Gasteiger partial charge in [-0.25, -0.2) is 0 Å². The Morgan fingerprint density at radius 1 is 1.33 bits per heavy atom. The van der Waals surface area contributed by atoms with Gasteiger partial charge in [0.15, 0.2) is 0 Å². The molecule has 18 heavy (non-hydrogen) atoms. The fourth-order valence-electron chi connectivity index (χ4n) is 3.41. The zero-order valence-corrected chi connectivity index (χ0v) is 12.3. The second kappa shape index (κ2) is 5.20. The van der Waals surface area contributed by atoms with E-state index in [-0.39, 0.29) is 12.2 Å². The minimum atomic E-state index is 0.0106. The summed E-state index contributed by atoms with van der Waals surface area (Å²) in [4.78, 5) is 14.5. The quantitative estimate of drug-likeness (QED) is 0.837. The van der Waals surface area contributed by atoms with Crippen molar-refractivity contribution in [2.75, 3.05) is 0 Å². The predicted octanol–water partition coefficient (Wildman–Crippen LogP) is 2.90. The third kappa shape index (κ3) is 2.71. The third-order valence-corrected chi connectivity index (χ3v) is 4.67. The summed E-state index contributed by atoms with van der Waals surface area (Å²) < 4.78 is 0. The Kier molecular flexibility index (Phi) is 4.00. The summed E-state index contributed by atoms with van der Waals surface area (Å²) >= 11 is 0. The molecule has 3 heteroatoms. The summed E-state index contributed by atoms with van der Waals surface area (Å²) in [5, 5.41) is 3.45.